The Morgan fingerprint density at radius 2 is 2.57 bits per heavy atom. The van der Waals surface area contributed by atoms with E-state index in [9.17, 15) is 0 Å². The van der Waals surface area contributed by atoms with Crippen LogP contribution in [0.5, 0.6) is 0 Å². The quantitative estimate of drug-likeness (QED) is 0.311. The van der Waals surface area contributed by atoms with E-state index in [-0.39, 0.29) is 0 Å². The van der Waals surface area contributed by atoms with Crippen molar-refractivity contribution in [2.24, 2.45) is 10.9 Å². The molecular formula is C5H10N2. The fourth-order valence-electron chi connectivity index (χ4n) is 0.197. The van der Waals surface area contributed by atoms with Crippen molar-refractivity contribution in [1.29, 1.82) is 0 Å². The Kier molecular flexibility index (Phi) is 3.02. The Morgan fingerprint density at radius 1 is 2.00 bits per heavy atom. The van der Waals surface area contributed by atoms with Gasteiger partial charge < -0.3 is 5.84 Å². The number of allylic oxidation sites excluding steroid dienone is 1. The standard InChI is InChI=1S/C5H10N2/c1-3-5(2)4-7-6/h4H,2-3,6H2,1H3/b7-4-. The summed E-state index contributed by atoms with van der Waals surface area (Å²) in [5.74, 6) is 4.81. The maximum absolute atomic E-state index is 4.81. The predicted octanol–water partition coefficient (Wildman–Crippen LogP) is 0.897. The molecule has 0 aromatic heterocycles. The molecule has 0 spiro atoms. The third-order valence-corrected chi connectivity index (χ3v) is 0.711. The maximum atomic E-state index is 4.81. The van der Waals surface area contributed by atoms with Crippen molar-refractivity contribution in [1.82, 2.24) is 0 Å². The highest BCUT2D eigenvalue weighted by Gasteiger charge is 1.77. The lowest BCUT2D eigenvalue weighted by Gasteiger charge is -1.84. The summed E-state index contributed by atoms with van der Waals surface area (Å²) in [6.45, 7) is 5.64. The summed E-state index contributed by atoms with van der Waals surface area (Å²) in [6, 6.07) is 0. The monoisotopic (exact) mass is 98.1 g/mol. The van der Waals surface area contributed by atoms with Gasteiger partial charge in [0.05, 0.1) is 0 Å². The second-order valence-electron chi connectivity index (χ2n) is 1.29. The fraction of sp³-hybridized carbons (Fsp3) is 0.400. The van der Waals surface area contributed by atoms with Crippen LogP contribution >= 0.6 is 0 Å². The third-order valence-electron chi connectivity index (χ3n) is 0.711. The van der Waals surface area contributed by atoms with Gasteiger partial charge in [-0.25, -0.2) is 0 Å². The molecule has 0 atom stereocenters. The van der Waals surface area contributed by atoms with E-state index in [1.165, 1.54) is 0 Å². The first-order valence-electron chi connectivity index (χ1n) is 2.22. The summed E-state index contributed by atoms with van der Waals surface area (Å²) < 4.78 is 0. The first-order chi connectivity index (χ1) is 3.31. The van der Waals surface area contributed by atoms with Crippen molar-refractivity contribution in [3.05, 3.63) is 12.2 Å². The van der Waals surface area contributed by atoms with Gasteiger partial charge in [0.15, 0.2) is 0 Å². The smallest absolute Gasteiger partial charge is 0.0491 e. The Morgan fingerprint density at radius 3 is 2.71 bits per heavy atom. The molecule has 0 saturated carbocycles. The van der Waals surface area contributed by atoms with Crippen molar-refractivity contribution >= 4 is 6.21 Å². The van der Waals surface area contributed by atoms with Gasteiger partial charge in [0, 0.05) is 6.21 Å². The van der Waals surface area contributed by atoms with Crippen molar-refractivity contribution < 1.29 is 0 Å². The second kappa shape index (κ2) is 3.40. The van der Waals surface area contributed by atoms with Crippen molar-refractivity contribution in [2.45, 2.75) is 13.3 Å². The second-order valence-corrected chi connectivity index (χ2v) is 1.29. The van der Waals surface area contributed by atoms with Crippen LogP contribution in [0.15, 0.2) is 17.3 Å². The average Bonchev–Trinajstić information content (AvgIpc) is 1.68. The molecule has 2 nitrogen and oxygen atoms in total. The minimum absolute atomic E-state index is 0.917. The molecule has 0 aliphatic rings. The Balaban J connectivity index is 3.37. The van der Waals surface area contributed by atoms with E-state index in [4.69, 9.17) is 5.84 Å². The zero-order valence-corrected chi connectivity index (χ0v) is 4.52. The third kappa shape index (κ3) is 3.03. The Labute approximate surface area is 43.7 Å². The molecule has 0 radical (unpaired) electrons. The van der Waals surface area contributed by atoms with Gasteiger partial charge in [0.1, 0.15) is 0 Å². The SMILES string of the molecule is C=C(/C=N\N)CC. The summed E-state index contributed by atoms with van der Waals surface area (Å²) in [6.07, 6.45) is 2.47. The number of hydrogen-bond donors (Lipinski definition) is 1. The average molecular weight is 98.1 g/mol. The molecule has 0 amide bonds. The van der Waals surface area contributed by atoms with Crippen molar-refractivity contribution in [2.75, 3.05) is 0 Å². The van der Waals surface area contributed by atoms with E-state index in [2.05, 4.69) is 11.7 Å². The maximum Gasteiger partial charge on any atom is 0.0491 e. The fourth-order valence-corrected chi connectivity index (χ4v) is 0.197. The predicted molar refractivity (Wildman–Crippen MR) is 32.1 cm³/mol. The van der Waals surface area contributed by atoms with Crippen LogP contribution in [0.4, 0.5) is 0 Å². The zero-order valence-electron chi connectivity index (χ0n) is 4.52. The molecular weight excluding hydrogens is 88.1 g/mol. The summed E-state index contributed by atoms with van der Waals surface area (Å²) in [4.78, 5) is 0. The van der Waals surface area contributed by atoms with E-state index in [0.717, 1.165) is 12.0 Å². The van der Waals surface area contributed by atoms with E-state index < -0.39 is 0 Å². The molecule has 0 fully saturated rings. The van der Waals surface area contributed by atoms with Gasteiger partial charge in [-0.05, 0) is 12.0 Å². The molecule has 0 aromatic carbocycles. The minimum atomic E-state index is 0.917. The number of nitrogens with two attached hydrogens (primary N) is 1. The normalized spacial score (nSPS) is 9.86. The van der Waals surface area contributed by atoms with Gasteiger partial charge in [0.25, 0.3) is 0 Å². The Hall–Kier alpha value is -0.790. The molecule has 0 bridgehead atoms. The van der Waals surface area contributed by atoms with Gasteiger partial charge in [-0.2, -0.15) is 5.10 Å². The molecule has 7 heavy (non-hydrogen) atoms. The molecule has 0 unspecified atom stereocenters. The molecule has 0 rings (SSSR count). The minimum Gasteiger partial charge on any atom is -0.323 e. The highest BCUT2D eigenvalue weighted by molar-refractivity contribution is 5.76. The van der Waals surface area contributed by atoms with Gasteiger partial charge >= 0.3 is 0 Å². The van der Waals surface area contributed by atoms with Crippen LogP contribution < -0.4 is 5.84 Å². The van der Waals surface area contributed by atoms with Crippen LogP contribution in [-0.4, -0.2) is 6.21 Å². The molecule has 0 heterocycles. The van der Waals surface area contributed by atoms with Crippen LogP contribution in [0.3, 0.4) is 0 Å². The van der Waals surface area contributed by atoms with Crippen molar-refractivity contribution in [3.8, 4) is 0 Å². The van der Waals surface area contributed by atoms with Crippen LogP contribution in [0.2, 0.25) is 0 Å². The van der Waals surface area contributed by atoms with Crippen molar-refractivity contribution in [3.63, 3.8) is 0 Å². The van der Waals surface area contributed by atoms with Crippen LogP contribution in [0, 0.1) is 0 Å². The number of nitrogens with zero attached hydrogens (tertiary/aromatic N) is 1. The van der Waals surface area contributed by atoms with Crippen LogP contribution in [0.25, 0.3) is 0 Å². The molecule has 0 aliphatic carbocycles. The summed E-state index contributed by atoms with van der Waals surface area (Å²) in [7, 11) is 0. The summed E-state index contributed by atoms with van der Waals surface area (Å²) >= 11 is 0. The topological polar surface area (TPSA) is 38.4 Å². The highest BCUT2D eigenvalue weighted by atomic mass is 15.1. The van der Waals surface area contributed by atoms with Gasteiger partial charge in [-0.1, -0.05) is 13.5 Å². The van der Waals surface area contributed by atoms with Gasteiger partial charge in [0.2, 0.25) is 0 Å². The Bertz CT molecular complexity index is 84.1. The van der Waals surface area contributed by atoms with Crippen LogP contribution in [-0.2, 0) is 0 Å². The van der Waals surface area contributed by atoms with Crippen LogP contribution in [0.1, 0.15) is 13.3 Å². The van der Waals surface area contributed by atoms with Gasteiger partial charge in [-0.15, -0.1) is 0 Å². The number of hydrazone groups is 1. The summed E-state index contributed by atoms with van der Waals surface area (Å²) in [5, 5.41) is 3.28. The lowest BCUT2D eigenvalue weighted by Crippen LogP contribution is -1.84. The lowest BCUT2D eigenvalue weighted by atomic mass is 10.3. The zero-order chi connectivity index (χ0) is 5.70. The lowest BCUT2D eigenvalue weighted by molar-refractivity contribution is 1.17. The number of hydrogen-bond acceptors (Lipinski definition) is 2. The molecule has 40 valence electrons. The largest absolute Gasteiger partial charge is 0.323 e. The van der Waals surface area contributed by atoms with E-state index in [0.29, 0.717) is 0 Å². The highest BCUT2D eigenvalue weighted by Crippen LogP contribution is 1.88. The molecule has 0 aromatic rings. The van der Waals surface area contributed by atoms with E-state index in [1.807, 2.05) is 6.92 Å². The van der Waals surface area contributed by atoms with E-state index >= 15 is 0 Å². The molecule has 2 heteroatoms. The molecule has 0 saturated heterocycles. The van der Waals surface area contributed by atoms with Gasteiger partial charge in [-0.3, -0.25) is 0 Å². The first-order valence-corrected chi connectivity index (χ1v) is 2.22. The first kappa shape index (κ1) is 6.21. The number of rotatable bonds is 2. The summed E-state index contributed by atoms with van der Waals surface area (Å²) in [5.41, 5.74) is 0.961. The van der Waals surface area contributed by atoms with E-state index in [1.54, 1.807) is 6.21 Å². The molecule has 0 aliphatic heterocycles. The molecule has 2 N–H and O–H groups in total.